The summed E-state index contributed by atoms with van der Waals surface area (Å²) in [4.78, 5) is 12.0. The van der Waals surface area contributed by atoms with E-state index in [9.17, 15) is 9.90 Å². The van der Waals surface area contributed by atoms with E-state index in [2.05, 4.69) is 10.5 Å². The van der Waals surface area contributed by atoms with Gasteiger partial charge >= 0.3 is 0 Å². The monoisotopic (exact) mass is 312 g/mol. The van der Waals surface area contributed by atoms with Crippen LogP contribution in [-0.2, 0) is 0 Å². The summed E-state index contributed by atoms with van der Waals surface area (Å²) in [6.45, 7) is 6.25. The number of phenols is 1. The third-order valence-corrected chi connectivity index (χ3v) is 3.43. The maximum atomic E-state index is 12.0. The first-order valence-corrected chi connectivity index (χ1v) is 7.37. The van der Waals surface area contributed by atoms with Crippen molar-refractivity contribution < 1.29 is 14.6 Å². The van der Waals surface area contributed by atoms with Crippen LogP contribution in [-0.4, -0.2) is 23.8 Å². The Kier molecular flexibility index (Phi) is 5.36. The summed E-state index contributed by atoms with van der Waals surface area (Å²) in [6.07, 6.45) is 1.50. The second kappa shape index (κ2) is 7.45. The van der Waals surface area contributed by atoms with Crippen LogP contribution in [0.5, 0.6) is 11.5 Å². The molecule has 0 saturated heterocycles. The van der Waals surface area contributed by atoms with Gasteiger partial charge in [0.1, 0.15) is 0 Å². The zero-order chi connectivity index (χ0) is 16.8. The smallest absolute Gasteiger partial charge is 0.271 e. The number of amides is 1. The van der Waals surface area contributed by atoms with Gasteiger partial charge in [-0.2, -0.15) is 5.10 Å². The Labute approximate surface area is 135 Å². The molecule has 0 atom stereocenters. The van der Waals surface area contributed by atoms with E-state index in [-0.39, 0.29) is 11.7 Å². The van der Waals surface area contributed by atoms with Crippen molar-refractivity contribution in [3.63, 3.8) is 0 Å². The summed E-state index contributed by atoms with van der Waals surface area (Å²) in [6, 6.07) is 10.4. The van der Waals surface area contributed by atoms with Gasteiger partial charge in [-0.15, -0.1) is 0 Å². The van der Waals surface area contributed by atoms with E-state index in [1.807, 2.05) is 32.9 Å². The lowest BCUT2D eigenvalue weighted by Gasteiger charge is -2.06. The molecule has 2 aromatic carbocycles. The van der Waals surface area contributed by atoms with Gasteiger partial charge in [0, 0.05) is 5.56 Å². The Morgan fingerprint density at radius 3 is 2.70 bits per heavy atom. The van der Waals surface area contributed by atoms with Crippen molar-refractivity contribution in [1.29, 1.82) is 0 Å². The molecular weight excluding hydrogens is 292 g/mol. The van der Waals surface area contributed by atoms with E-state index >= 15 is 0 Å². The molecule has 0 aliphatic carbocycles. The van der Waals surface area contributed by atoms with Crippen molar-refractivity contribution in [3.05, 3.63) is 58.7 Å². The van der Waals surface area contributed by atoms with E-state index < -0.39 is 0 Å². The standard InChI is InChI=1S/C18H20N2O3/c1-4-23-17-10-14(6-8-16(17)21)11-19-20-18(22)15-7-5-12(2)13(3)9-15/h5-11,21H,4H2,1-3H3,(H,20,22)/b19-11+. The van der Waals surface area contributed by atoms with Crippen molar-refractivity contribution in [2.45, 2.75) is 20.8 Å². The first-order valence-electron chi connectivity index (χ1n) is 7.37. The first kappa shape index (κ1) is 16.5. The quantitative estimate of drug-likeness (QED) is 0.658. The number of benzene rings is 2. The Balaban J connectivity index is 2.04. The highest BCUT2D eigenvalue weighted by Gasteiger charge is 2.05. The summed E-state index contributed by atoms with van der Waals surface area (Å²) in [5.74, 6) is 0.188. The van der Waals surface area contributed by atoms with Crippen LogP contribution in [0.15, 0.2) is 41.5 Å². The van der Waals surface area contributed by atoms with Gasteiger partial charge in [0.25, 0.3) is 5.91 Å². The van der Waals surface area contributed by atoms with Crippen molar-refractivity contribution in [1.82, 2.24) is 5.43 Å². The summed E-state index contributed by atoms with van der Waals surface area (Å²) in [5, 5.41) is 13.6. The maximum Gasteiger partial charge on any atom is 0.271 e. The minimum atomic E-state index is -0.270. The van der Waals surface area contributed by atoms with Crippen LogP contribution in [0.25, 0.3) is 0 Å². The molecule has 0 aromatic heterocycles. The molecule has 23 heavy (non-hydrogen) atoms. The highest BCUT2D eigenvalue weighted by atomic mass is 16.5. The molecular formula is C18H20N2O3. The fraction of sp³-hybridized carbons (Fsp3) is 0.222. The van der Waals surface area contributed by atoms with Crippen LogP contribution in [0.2, 0.25) is 0 Å². The topological polar surface area (TPSA) is 70.9 Å². The molecule has 120 valence electrons. The second-order valence-corrected chi connectivity index (χ2v) is 5.16. The van der Waals surface area contributed by atoms with E-state index in [1.54, 1.807) is 18.2 Å². The molecule has 0 radical (unpaired) electrons. The number of aromatic hydroxyl groups is 1. The number of carbonyl (C=O) groups excluding carboxylic acids is 1. The number of nitrogens with one attached hydrogen (secondary N) is 1. The number of hydrogen-bond acceptors (Lipinski definition) is 4. The molecule has 5 heteroatoms. The van der Waals surface area contributed by atoms with Crippen LogP contribution in [0.4, 0.5) is 0 Å². The van der Waals surface area contributed by atoms with Crippen LogP contribution in [0.3, 0.4) is 0 Å². The second-order valence-electron chi connectivity index (χ2n) is 5.16. The summed E-state index contributed by atoms with van der Waals surface area (Å²) < 4.78 is 5.30. The third kappa shape index (κ3) is 4.32. The van der Waals surface area contributed by atoms with Gasteiger partial charge < -0.3 is 9.84 Å². The van der Waals surface area contributed by atoms with E-state index in [0.29, 0.717) is 23.5 Å². The van der Waals surface area contributed by atoms with Gasteiger partial charge in [0.15, 0.2) is 11.5 Å². The molecule has 2 aromatic rings. The summed E-state index contributed by atoms with van der Waals surface area (Å²) >= 11 is 0. The van der Waals surface area contributed by atoms with Gasteiger partial charge in [0.2, 0.25) is 0 Å². The molecule has 5 nitrogen and oxygen atoms in total. The maximum absolute atomic E-state index is 12.0. The minimum Gasteiger partial charge on any atom is -0.504 e. The fourth-order valence-corrected chi connectivity index (χ4v) is 1.99. The number of hydrogen-bond donors (Lipinski definition) is 2. The molecule has 0 unspecified atom stereocenters. The first-order chi connectivity index (χ1) is 11.0. The van der Waals surface area contributed by atoms with Crippen molar-refractivity contribution in [2.75, 3.05) is 6.61 Å². The third-order valence-electron chi connectivity index (χ3n) is 3.43. The molecule has 0 aliphatic rings. The van der Waals surface area contributed by atoms with Crippen molar-refractivity contribution in [3.8, 4) is 11.5 Å². The lowest BCUT2D eigenvalue weighted by Crippen LogP contribution is -2.17. The molecule has 1 amide bonds. The van der Waals surface area contributed by atoms with Crippen molar-refractivity contribution in [2.24, 2.45) is 5.10 Å². The van der Waals surface area contributed by atoms with E-state index in [4.69, 9.17) is 4.74 Å². The number of ether oxygens (including phenoxy) is 1. The molecule has 0 aliphatic heterocycles. The number of aryl methyl sites for hydroxylation is 2. The van der Waals surface area contributed by atoms with Crippen LogP contribution >= 0.6 is 0 Å². The van der Waals surface area contributed by atoms with E-state index in [0.717, 1.165) is 11.1 Å². The largest absolute Gasteiger partial charge is 0.504 e. The van der Waals surface area contributed by atoms with Gasteiger partial charge in [-0.25, -0.2) is 5.43 Å². The van der Waals surface area contributed by atoms with Crippen LogP contribution < -0.4 is 10.2 Å². The Hall–Kier alpha value is -2.82. The molecule has 0 bridgehead atoms. The lowest BCUT2D eigenvalue weighted by molar-refractivity contribution is 0.0955. The van der Waals surface area contributed by atoms with Crippen molar-refractivity contribution >= 4 is 12.1 Å². The zero-order valence-electron chi connectivity index (χ0n) is 13.5. The number of rotatable bonds is 5. The van der Waals surface area contributed by atoms with E-state index in [1.165, 1.54) is 12.3 Å². The molecule has 0 saturated carbocycles. The summed E-state index contributed by atoms with van der Waals surface area (Å²) in [5.41, 5.74) is 5.96. The Bertz CT molecular complexity index is 739. The molecule has 0 spiro atoms. The van der Waals surface area contributed by atoms with Gasteiger partial charge in [-0.1, -0.05) is 6.07 Å². The number of hydrazone groups is 1. The molecule has 0 fully saturated rings. The minimum absolute atomic E-state index is 0.0724. The fourth-order valence-electron chi connectivity index (χ4n) is 1.99. The summed E-state index contributed by atoms with van der Waals surface area (Å²) in [7, 11) is 0. The predicted molar refractivity (Wildman–Crippen MR) is 90.3 cm³/mol. The lowest BCUT2D eigenvalue weighted by atomic mass is 10.1. The number of carbonyl (C=O) groups is 1. The average Bonchev–Trinajstić information content (AvgIpc) is 2.53. The van der Waals surface area contributed by atoms with Gasteiger partial charge in [0.05, 0.1) is 12.8 Å². The Morgan fingerprint density at radius 1 is 1.22 bits per heavy atom. The molecule has 2 N–H and O–H groups in total. The number of nitrogens with zero attached hydrogens (tertiary/aromatic N) is 1. The SMILES string of the molecule is CCOc1cc(/C=N/NC(=O)c2ccc(C)c(C)c2)ccc1O. The van der Waals surface area contributed by atoms with Crippen LogP contribution in [0, 0.1) is 13.8 Å². The average molecular weight is 312 g/mol. The highest BCUT2D eigenvalue weighted by Crippen LogP contribution is 2.26. The Morgan fingerprint density at radius 2 is 2.00 bits per heavy atom. The van der Waals surface area contributed by atoms with Gasteiger partial charge in [-0.05, 0) is 67.8 Å². The normalized spacial score (nSPS) is 10.7. The predicted octanol–water partition coefficient (Wildman–Crippen LogP) is 3.17. The zero-order valence-corrected chi connectivity index (χ0v) is 13.5. The molecule has 2 rings (SSSR count). The van der Waals surface area contributed by atoms with Gasteiger partial charge in [-0.3, -0.25) is 4.79 Å². The molecule has 0 heterocycles. The van der Waals surface area contributed by atoms with Crippen LogP contribution in [0.1, 0.15) is 34.0 Å². The highest BCUT2D eigenvalue weighted by molar-refractivity contribution is 5.95. The number of phenolic OH excluding ortho intramolecular Hbond substituents is 1.